The van der Waals surface area contributed by atoms with Crippen LogP contribution in [-0.4, -0.2) is 26.7 Å². The molecule has 1 aliphatic rings. The van der Waals surface area contributed by atoms with Crippen molar-refractivity contribution in [2.45, 2.75) is 24.5 Å². The van der Waals surface area contributed by atoms with E-state index in [0.29, 0.717) is 6.42 Å². The van der Waals surface area contributed by atoms with E-state index < -0.39 is 27.4 Å². The van der Waals surface area contributed by atoms with Gasteiger partial charge in [0.1, 0.15) is 0 Å². The number of esters is 1. The Morgan fingerprint density at radius 2 is 2.08 bits per heavy atom. The first-order valence-electron chi connectivity index (χ1n) is 3.96. The minimum absolute atomic E-state index is 0.0471. The molecule has 0 heterocycles. The van der Waals surface area contributed by atoms with Crippen LogP contribution in [0.25, 0.3) is 0 Å². The number of halogens is 1. The fourth-order valence-corrected chi connectivity index (χ4v) is 2.46. The van der Waals surface area contributed by atoms with Crippen molar-refractivity contribution < 1.29 is 21.8 Å². The van der Waals surface area contributed by atoms with Crippen LogP contribution in [0.2, 0.25) is 0 Å². The SMILES string of the molecule is COC(=O)[C@@H]1CC[C@H](S(=O)(=O)F)C1. The number of methoxy groups -OCH3 is 1. The lowest BCUT2D eigenvalue weighted by atomic mass is 10.1. The van der Waals surface area contributed by atoms with Crippen LogP contribution < -0.4 is 0 Å². The highest BCUT2D eigenvalue weighted by Crippen LogP contribution is 2.31. The van der Waals surface area contributed by atoms with Gasteiger partial charge >= 0.3 is 16.2 Å². The van der Waals surface area contributed by atoms with Crippen molar-refractivity contribution in [3.63, 3.8) is 0 Å². The topological polar surface area (TPSA) is 60.4 Å². The van der Waals surface area contributed by atoms with Gasteiger partial charge in [-0.25, -0.2) is 0 Å². The minimum Gasteiger partial charge on any atom is -0.469 e. The third-order valence-corrected chi connectivity index (χ3v) is 3.54. The molecular weight excluding hydrogens is 199 g/mol. The molecule has 1 rings (SSSR count). The lowest BCUT2D eigenvalue weighted by molar-refractivity contribution is -0.145. The normalized spacial score (nSPS) is 28.8. The van der Waals surface area contributed by atoms with Crippen LogP contribution >= 0.6 is 0 Å². The van der Waals surface area contributed by atoms with E-state index >= 15 is 0 Å². The van der Waals surface area contributed by atoms with Crippen molar-refractivity contribution in [3.05, 3.63) is 0 Å². The van der Waals surface area contributed by atoms with Crippen LogP contribution in [-0.2, 0) is 19.8 Å². The molecule has 4 nitrogen and oxygen atoms in total. The molecular formula is C7H11FO4S. The van der Waals surface area contributed by atoms with Gasteiger partial charge in [0.2, 0.25) is 0 Å². The molecule has 0 N–H and O–H groups in total. The highest BCUT2D eigenvalue weighted by molar-refractivity contribution is 7.87. The van der Waals surface area contributed by atoms with Gasteiger partial charge in [-0.2, -0.15) is 8.42 Å². The first-order valence-corrected chi connectivity index (χ1v) is 5.41. The summed E-state index contributed by atoms with van der Waals surface area (Å²) in [5.41, 5.74) is 0. The summed E-state index contributed by atoms with van der Waals surface area (Å²) in [5, 5.41) is -1.02. The number of rotatable bonds is 2. The highest BCUT2D eigenvalue weighted by Gasteiger charge is 2.37. The van der Waals surface area contributed by atoms with E-state index in [9.17, 15) is 17.1 Å². The summed E-state index contributed by atoms with van der Waals surface area (Å²) >= 11 is 0. The molecule has 0 aliphatic heterocycles. The van der Waals surface area contributed by atoms with Gasteiger partial charge in [0.15, 0.2) is 0 Å². The summed E-state index contributed by atoms with van der Waals surface area (Å²) < 4.78 is 37.8. The summed E-state index contributed by atoms with van der Waals surface area (Å²) in [6, 6.07) is 0. The first-order chi connectivity index (χ1) is 5.95. The molecule has 0 unspecified atom stereocenters. The zero-order valence-corrected chi connectivity index (χ0v) is 8.01. The Kier molecular flexibility index (Phi) is 2.90. The molecule has 0 aromatic heterocycles. The van der Waals surface area contributed by atoms with Crippen molar-refractivity contribution in [3.8, 4) is 0 Å². The standard InChI is InChI=1S/C7H11FO4S/c1-12-7(9)5-2-3-6(4-5)13(8,10)11/h5-6H,2-4H2,1H3/t5-,6+/m1/s1. The molecule has 0 aromatic carbocycles. The number of hydrogen-bond acceptors (Lipinski definition) is 4. The van der Waals surface area contributed by atoms with E-state index in [-0.39, 0.29) is 12.8 Å². The average molecular weight is 210 g/mol. The maximum Gasteiger partial charge on any atom is 0.308 e. The molecule has 0 amide bonds. The van der Waals surface area contributed by atoms with Crippen LogP contribution in [0, 0.1) is 5.92 Å². The molecule has 0 saturated heterocycles. The highest BCUT2D eigenvalue weighted by atomic mass is 32.3. The number of hydrogen-bond donors (Lipinski definition) is 0. The van der Waals surface area contributed by atoms with Gasteiger partial charge in [-0.05, 0) is 19.3 Å². The number of carbonyl (C=O) groups excluding carboxylic acids is 1. The Bertz CT molecular complexity index is 298. The molecule has 13 heavy (non-hydrogen) atoms. The molecule has 1 saturated carbocycles. The Hall–Kier alpha value is -0.650. The van der Waals surface area contributed by atoms with E-state index in [1.54, 1.807) is 0 Å². The predicted octanol–water partition coefficient (Wildman–Crippen LogP) is 0.627. The second-order valence-corrected chi connectivity index (χ2v) is 4.75. The van der Waals surface area contributed by atoms with Gasteiger partial charge in [0, 0.05) is 0 Å². The fraction of sp³-hybridized carbons (Fsp3) is 0.857. The summed E-state index contributed by atoms with van der Waals surface area (Å²) in [4.78, 5) is 10.9. The zero-order valence-electron chi connectivity index (χ0n) is 7.20. The van der Waals surface area contributed by atoms with Crippen LogP contribution in [0.3, 0.4) is 0 Å². The molecule has 0 spiro atoms. The van der Waals surface area contributed by atoms with Crippen LogP contribution in [0.4, 0.5) is 3.89 Å². The van der Waals surface area contributed by atoms with Crippen LogP contribution in [0.15, 0.2) is 0 Å². The predicted molar refractivity (Wildman–Crippen MR) is 43.2 cm³/mol. The zero-order chi connectivity index (χ0) is 10.1. The van der Waals surface area contributed by atoms with Gasteiger partial charge in [-0.3, -0.25) is 4.79 Å². The number of carbonyl (C=O) groups is 1. The van der Waals surface area contributed by atoms with Crippen molar-refractivity contribution >= 4 is 16.2 Å². The first kappa shape index (κ1) is 10.4. The third-order valence-electron chi connectivity index (χ3n) is 2.32. The Morgan fingerprint density at radius 3 is 2.46 bits per heavy atom. The van der Waals surface area contributed by atoms with E-state index in [1.807, 2.05) is 0 Å². The van der Waals surface area contributed by atoms with E-state index in [1.165, 1.54) is 7.11 Å². The van der Waals surface area contributed by atoms with E-state index in [0.717, 1.165) is 0 Å². The molecule has 1 fully saturated rings. The Balaban J connectivity index is 2.60. The summed E-state index contributed by atoms with van der Waals surface area (Å²) in [6.07, 6.45) is 0.643. The number of ether oxygens (including phenoxy) is 1. The van der Waals surface area contributed by atoms with Gasteiger partial charge in [0.05, 0.1) is 18.3 Å². The molecule has 76 valence electrons. The lowest BCUT2D eigenvalue weighted by Gasteiger charge is -2.05. The van der Waals surface area contributed by atoms with E-state index in [2.05, 4.69) is 4.74 Å². The molecule has 0 radical (unpaired) electrons. The molecule has 1 aliphatic carbocycles. The van der Waals surface area contributed by atoms with Gasteiger partial charge in [-0.1, -0.05) is 0 Å². The van der Waals surface area contributed by atoms with Crippen molar-refractivity contribution in [1.82, 2.24) is 0 Å². The lowest BCUT2D eigenvalue weighted by Crippen LogP contribution is -2.17. The Labute approximate surface area is 76.3 Å². The van der Waals surface area contributed by atoms with E-state index in [4.69, 9.17) is 0 Å². The molecule has 6 heteroatoms. The van der Waals surface area contributed by atoms with Crippen molar-refractivity contribution in [1.29, 1.82) is 0 Å². The maximum atomic E-state index is 12.5. The molecule has 0 aromatic rings. The second-order valence-electron chi connectivity index (χ2n) is 3.13. The van der Waals surface area contributed by atoms with Gasteiger partial charge in [-0.15, -0.1) is 3.89 Å². The monoisotopic (exact) mass is 210 g/mol. The molecule has 2 atom stereocenters. The molecule has 0 bridgehead atoms. The fourth-order valence-electron chi connectivity index (χ4n) is 1.58. The van der Waals surface area contributed by atoms with Crippen LogP contribution in [0.1, 0.15) is 19.3 Å². The largest absolute Gasteiger partial charge is 0.469 e. The van der Waals surface area contributed by atoms with Crippen molar-refractivity contribution in [2.75, 3.05) is 7.11 Å². The summed E-state index contributed by atoms with van der Waals surface area (Å²) in [6.45, 7) is 0. The van der Waals surface area contributed by atoms with Crippen LogP contribution in [0.5, 0.6) is 0 Å². The summed E-state index contributed by atoms with van der Waals surface area (Å²) in [7, 11) is -3.25. The quantitative estimate of drug-likeness (QED) is 0.495. The summed E-state index contributed by atoms with van der Waals surface area (Å²) in [5.74, 6) is -0.910. The third kappa shape index (κ3) is 2.40. The smallest absolute Gasteiger partial charge is 0.308 e. The maximum absolute atomic E-state index is 12.5. The average Bonchev–Trinajstić information content (AvgIpc) is 2.50. The van der Waals surface area contributed by atoms with Gasteiger partial charge < -0.3 is 4.74 Å². The Morgan fingerprint density at radius 1 is 1.46 bits per heavy atom. The second kappa shape index (κ2) is 3.61. The van der Waals surface area contributed by atoms with Crippen molar-refractivity contribution in [2.24, 2.45) is 5.92 Å². The van der Waals surface area contributed by atoms with Gasteiger partial charge in [0.25, 0.3) is 0 Å². The minimum atomic E-state index is -4.48.